The molecule has 0 aliphatic heterocycles. The lowest BCUT2D eigenvalue weighted by atomic mass is 9.95. The predicted octanol–water partition coefficient (Wildman–Crippen LogP) is 4.51. The number of amides is 1. The van der Waals surface area contributed by atoms with Crippen LogP contribution in [0.1, 0.15) is 19.4 Å². The van der Waals surface area contributed by atoms with Gasteiger partial charge >= 0.3 is 0 Å². The zero-order valence-electron chi connectivity index (χ0n) is 14.0. The Morgan fingerprint density at radius 3 is 2.62 bits per heavy atom. The lowest BCUT2D eigenvalue weighted by Crippen LogP contribution is -2.32. The monoisotopic (exact) mass is 341 g/mol. The Labute approximate surface area is 146 Å². The molecule has 124 valence electrons. The number of pyridine rings is 1. The molecule has 4 nitrogen and oxygen atoms in total. The van der Waals surface area contributed by atoms with Gasteiger partial charge in [0.2, 0.25) is 5.91 Å². The largest absolute Gasteiger partial charge is 0.309 e. The normalized spacial score (nSPS) is 11.7. The third-order valence-corrected chi connectivity index (χ3v) is 4.68. The number of nitrogens with one attached hydrogen (secondary N) is 1. The van der Waals surface area contributed by atoms with Gasteiger partial charge in [-0.1, -0.05) is 30.3 Å². The fraction of sp³-hybridized carbons (Fsp3) is 0.263. The highest BCUT2D eigenvalue weighted by Crippen LogP contribution is 2.30. The molecule has 24 heavy (non-hydrogen) atoms. The maximum absolute atomic E-state index is 12.6. The number of carbonyl (C=O) groups excluding carboxylic acids is 1. The van der Waals surface area contributed by atoms with Crippen LogP contribution in [-0.2, 0) is 4.79 Å². The Bertz CT molecular complexity index is 884. The fourth-order valence-corrected chi connectivity index (χ4v) is 2.52. The van der Waals surface area contributed by atoms with Gasteiger partial charge in [0.05, 0.1) is 5.41 Å². The second-order valence-corrected chi connectivity index (χ2v) is 6.85. The maximum Gasteiger partial charge on any atom is 0.232 e. The van der Waals surface area contributed by atoms with Crippen molar-refractivity contribution >= 4 is 29.0 Å². The fourth-order valence-electron chi connectivity index (χ4n) is 2.40. The standard InChI is InChI=1S/C19H20ClN3O/c1-13-9-10-23-15(11-13)21-16(14-7-5-4-6-8-14)17(23)22-18(24)19(2,3)12-20/h4-11H,12H2,1-3H3,(H,22,24). The second kappa shape index (κ2) is 6.29. The first-order valence-electron chi connectivity index (χ1n) is 7.84. The molecule has 0 fully saturated rings. The van der Waals surface area contributed by atoms with Crippen molar-refractivity contribution in [3.05, 3.63) is 54.2 Å². The van der Waals surface area contributed by atoms with Crippen molar-refractivity contribution in [3.8, 4) is 11.3 Å². The van der Waals surface area contributed by atoms with E-state index in [0.29, 0.717) is 5.82 Å². The SMILES string of the molecule is Cc1ccn2c(NC(=O)C(C)(C)CCl)c(-c3ccccc3)nc2c1. The molecule has 0 aliphatic carbocycles. The molecule has 2 aromatic heterocycles. The number of anilines is 1. The molecule has 1 aromatic carbocycles. The van der Waals surface area contributed by atoms with Crippen LogP contribution in [-0.4, -0.2) is 21.2 Å². The van der Waals surface area contributed by atoms with E-state index in [0.717, 1.165) is 22.5 Å². The summed E-state index contributed by atoms with van der Waals surface area (Å²) in [6.07, 6.45) is 1.92. The topological polar surface area (TPSA) is 46.4 Å². The predicted molar refractivity (Wildman–Crippen MR) is 98.5 cm³/mol. The Kier molecular flexibility index (Phi) is 4.33. The highest BCUT2D eigenvalue weighted by atomic mass is 35.5. The van der Waals surface area contributed by atoms with Crippen LogP contribution in [0, 0.1) is 12.3 Å². The van der Waals surface area contributed by atoms with Crippen molar-refractivity contribution in [1.82, 2.24) is 9.38 Å². The summed E-state index contributed by atoms with van der Waals surface area (Å²) in [7, 11) is 0. The molecule has 5 heteroatoms. The minimum absolute atomic E-state index is 0.128. The first-order valence-corrected chi connectivity index (χ1v) is 8.37. The average molecular weight is 342 g/mol. The van der Waals surface area contributed by atoms with E-state index in [2.05, 4.69) is 5.32 Å². The summed E-state index contributed by atoms with van der Waals surface area (Å²) in [6, 6.07) is 13.8. The van der Waals surface area contributed by atoms with Crippen molar-refractivity contribution in [2.24, 2.45) is 5.41 Å². The Balaban J connectivity index is 2.15. The number of alkyl halides is 1. The van der Waals surface area contributed by atoms with Gasteiger partial charge < -0.3 is 5.32 Å². The van der Waals surface area contributed by atoms with Crippen LogP contribution >= 0.6 is 11.6 Å². The number of halogens is 1. The molecule has 0 aliphatic rings. The zero-order chi connectivity index (χ0) is 17.3. The van der Waals surface area contributed by atoms with Crippen LogP contribution in [0.15, 0.2) is 48.7 Å². The van der Waals surface area contributed by atoms with Crippen molar-refractivity contribution in [2.75, 3.05) is 11.2 Å². The number of benzene rings is 1. The quantitative estimate of drug-likeness (QED) is 0.709. The van der Waals surface area contributed by atoms with Gasteiger partial charge in [0.25, 0.3) is 0 Å². The van der Waals surface area contributed by atoms with E-state index in [1.807, 2.05) is 73.8 Å². The number of carbonyl (C=O) groups is 1. The van der Waals surface area contributed by atoms with E-state index in [9.17, 15) is 4.79 Å². The minimum Gasteiger partial charge on any atom is -0.309 e. The summed E-state index contributed by atoms with van der Waals surface area (Å²) in [4.78, 5) is 17.3. The average Bonchev–Trinajstić information content (AvgIpc) is 2.93. The van der Waals surface area contributed by atoms with Gasteiger partial charge in [-0.3, -0.25) is 9.20 Å². The molecule has 0 saturated heterocycles. The number of aromatic nitrogens is 2. The summed E-state index contributed by atoms with van der Waals surface area (Å²) in [5.74, 6) is 0.784. The third kappa shape index (κ3) is 3.02. The number of rotatable bonds is 4. The Hall–Kier alpha value is -2.33. The van der Waals surface area contributed by atoms with Gasteiger partial charge in [0.15, 0.2) is 0 Å². The maximum atomic E-state index is 12.6. The summed E-state index contributed by atoms with van der Waals surface area (Å²) in [6.45, 7) is 5.67. The summed E-state index contributed by atoms with van der Waals surface area (Å²) in [5, 5.41) is 3.02. The number of hydrogen-bond donors (Lipinski definition) is 1. The number of hydrogen-bond acceptors (Lipinski definition) is 2. The van der Waals surface area contributed by atoms with Crippen LogP contribution < -0.4 is 5.32 Å². The molecular formula is C19H20ClN3O. The van der Waals surface area contributed by atoms with Crippen LogP contribution in [0.4, 0.5) is 5.82 Å². The minimum atomic E-state index is -0.662. The third-order valence-electron chi connectivity index (χ3n) is 4.01. The number of nitrogens with zero attached hydrogens (tertiary/aromatic N) is 2. The molecule has 0 atom stereocenters. The van der Waals surface area contributed by atoms with E-state index in [1.54, 1.807) is 0 Å². The molecule has 0 spiro atoms. The molecule has 1 N–H and O–H groups in total. The van der Waals surface area contributed by atoms with E-state index in [1.165, 1.54) is 0 Å². The summed E-state index contributed by atoms with van der Waals surface area (Å²) < 4.78 is 1.90. The highest BCUT2D eigenvalue weighted by Gasteiger charge is 2.28. The summed E-state index contributed by atoms with van der Waals surface area (Å²) >= 11 is 5.94. The van der Waals surface area contributed by atoms with Gasteiger partial charge in [-0.2, -0.15) is 0 Å². The molecule has 3 rings (SSSR count). The van der Waals surface area contributed by atoms with E-state index in [-0.39, 0.29) is 11.8 Å². The number of imidazole rings is 1. The number of aryl methyl sites for hydroxylation is 1. The first-order chi connectivity index (χ1) is 11.4. The lowest BCUT2D eigenvalue weighted by molar-refractivity contribution is -0.123. The van der Waals surface area contributed by atoms with E-state index >= 15 is 0 Å². The van der Waals surface area contributed by atoms with Crippen molar-refractivity contribution < 1.29 is 4.79 Å². The molecule has 0 radical (unpaired) electrons. The van der Waals surface area contributed by atoms with Gasteiger partial charge in [-0.15, -0.1) is 11.6 Å². The van der Waals surface area contributed by atoms with Crippen molar-refractivity contribution in [2.45, 2.75) is 20.8 Å². The summed E-state index contributed by atoms with van der Waals surface area (Å²) in [5.41, 5.74) is 2.96. The Morgan fingerprint density at radius 2 is 1.96 bits per heavy atom. The van der Waals surface area contributed by atoms with Gasteiger partial charge in [-0.05, 0) is 38.5 Å². The molecule has 0 bridgehead atoms. The highest BCUT2D eigenvalue weighted by molar-refractivity contribution is 6.20. The molecule has 3 aromatic rings. The Morgan fingerprint density at radius 1 is 1.25 bits per heavy atom. The van der Waals surface area contributed by atoms with Gasteiger partial charge in [0.1, 0.15) is 17.2 Å². The zero-order valence-corrected chi connectivity index (χ0v) is 14.8. The molecular weight excluding hydrogens is 322 g/mol. The van der Waals surface area contributed by atoms with Crippen LogP contribution in [0.25, 0.3) is 16.9 Å². The molecule has 0 saturated carbocycles. The molecule has 2 heterocycles. The van der Waals surface area contributed by atoms with Crippen LogP contribution in [0.3, 0.4) is 0 Å². The second-order valence-electron chi connectivity index (χ2n) is 6.58. The van der Waals surface area contributed by atoms with Crippen LogP contribution in [0.5, 0.6) is 0 Å². The number of fused-ring (bicyclic) bond motifs is 1. The molecule has 1 amide bonds. The van der Waals surface area contributed by atoms with Gasteiger partial charge in [-0.25, -0.2) is 4.98 Å². The van der Waals surface area contributed by atoms with Gasteiger partial charge in [0, 0.05) is 17.6 Å². The molecule has 0 unspecified atom stereocenters. The van der Waals surface area contributed by atoms with Crippen molar-refractivity contribution in [1.29, 1.82) is 0 Å². The van der Waals surface area contributed by atoms with E-state index in [4.69, 9.17) is 16.6 Å². The van der Waals surface area contributed by atoms with E-state index < -0.39 is 5.41 Å². The van der Waals surface area contributed by atoms with Crippen molar-refractivity contribution in [3.63, 3.8) is 0 Å². The lowest BCUT2D eigenvalue weighted by Gasteiger charge is -2.20. The smallest absolute Gasteiger partial charge is 0.232 e. The first kappa shape index (κ1) is 16.5. The van der Waals surface area contributed by atoms with Crippen LogP contribution in [0.2, 0.25) is 0 Å².